The molecule has 0 saturated carbocycles. The molecule has 108 valence electrons. The lowest BCUT2D eigenvalue weighted by Crippen LogP contribution is -2.50. The molecule has 1 fully saturated rings. The van der Waals surface area contributed by atoms with Gasteiger partial charge in [-0.2, -0.15) is 0 Å². The minimum absolute atomic E-state index is 0.328. The molecular weight excluding hydrogens is 230 g/mol. The van der Waals surface area contributed by atoms with E-state index in [0.29, 0.717) is 12.0 Å². The van der Waals surface area contributed by atoms with E-state index < -0.39 is 0 Å². The third-order valence-electron chi connectivity index (χ3n) is 3.71. The van der Waals surface area contributed by atoms with Crippen LogP contribution in [0.2, 0.25) is 0 Å². The summed E-state index contributed by atoms with van der Waals surface area (Å²) in [6, 6.07) is 0.328. The van der Waals surface area contributed by atoms with Crippen molar-refractivity contribution < 1.29 is 9.47 Å². The lowest BCUT2D eigenvalue weighted by atomic mass is 9.92. The minimum atomic E-state index is 0.328. The number of hydrogen-bond acceptors (Lipinski definition) is 5. The zero-order valence-electron chi connectivity index (χ0n) is 12.1. The smallest absolute Gasteiger partial charge is 0.0589 e. The number of likely N-dealkylation sites (tertiary alicyclic amines) is 1. The number of ether oxygens (including phenoxy) is 2. The minimum Gasteiger partial charge on any atom is -0.383 e. The van der Waals surface area contributed by atoms with E-state index in [0.717, 1.165) is 52.4 Å². The molecule has 2 unspecified atom stereocenters. The van der Waals surface area contributed by atoms with Crippen molar-refractivity contribution in [2.45, 2.75) is 12.5 Å². The third kappa shape index (κ3) is 5.63. The molecule has 18 heavy (non-hydrogen) atoms. The summed E-state index contributed by atoms with van der Waals surface area (Å²) < 4.78 is 10.3. The van der Waals surface area contributed by atoms with Gasteiger partial charge in [-0.3, -0.25) is 4.90 Å². The molecule has 0 aliphatic carbocycles. The van der Waals surface area contributed by atoms with E-state index in [-0.39, 0.29) is 0 Å². The van der Waals surface area contributed by atoms with Gasteiger partial charge in [0, 0.05) is 46.4 Å². The predicted molar refractivity (Wildman–Crippen MR) is 73.8 cm³/mol. The monoisotopic (exact) mass is 259 g/mol. The zero-order chi connectivity index (χ0) is 13.4. The number of nitrogens with two attached hydrogens (primary N) is 1. The number of rotatable bonds is 8. The summed E-state index contributed by atoms with van der Waals surface area (Å²) in [4.78, 5) is 4.77. The topological polar surface area (TPSA) is 51.0 Å². The standard InChI is InChI=1S/C13H29N3O2/c1-15-5-4-13(14)12(10-15)11-16(6-8-17-2)7-9-18-3/h12-13H,4-11,14H2,1-3H3. The Bertz CT molecular complexity index is 208. The van der Waals surface area contributed by atoms with Crippen LogP contribution in [0, 0.1) is 5.92 Å². The molecule has 5 nitrogen and oxygen atoms in total. The molecule has 0 amide bonds. The van der Waals surface area contributed by atoms with Crippen LogP contribution in [0.4, 0.5) is 0 Å². The first kappa shape index (κ1) is 15.9. The van der Waals surface area contributed by atoms with Gasteiger partial charge in [0.2, 0.25) is 0 Å². The molecule has 0 aromatic carbocycles. The quantitative estimate of drug-likeness (QED) is 0.657. The van der Waals surface area contributed by atoms with Gasteiger partial charge in [-0.15, -0.1) is 0 Å². The van der Waals surface area contributed by atoms with E-state index in [4.69, 9.17) is 15.2 Å². The van der Waals surface area contributed by atoms with Crippen molar-refractivity contribution in [2.24, 2.45) is 11.7 Å². The fourth-order valence-electron chi connectivity index (χ4n) is 2.49. The molecule has 1 aliphatic rings. The maximum atomic E-state index is 6.23. The van der Waals surface area contributed by atoms with Crippen LogP contribution < -0.4 is 5.73 Å². The van der Waals surface area contributed by atoms with Gasteiger partial charge in [-0.05, 0) is 25.9 Å². The maximum Gasteiger partial charge on any atom is 0.0589 e. The van der Waals surface area contributed by atoms with E-state index in [9.17, 15) is 0 Å². The molecule has 1 aliphatic heterocycles. The molecule has 2 atom stereocenters. The van der Waals surface area contributed by atoms with Crippen LogP contribution in [0.1, 0.15) is 6.42 Å². The normalized spacial score (nSPS) is 25.8. The molecule has 0 aromatic rings. The summed E-state index contributed by atoms with van der Waals surface area (Å²) in [6.45, 7) is 6.69. The first-order chi connectivity index (χ1) is 8.67. The average Bonchev–Trinajstić information content (AvgIpc) is 2.37. The van der Waals surface area contributed by atoms with Gasteiger partial charge in [0.15, 0.2) is 0 Å². The van der Waals surface area contributed by atoms with E-state index in [1.54, 1.807) is 14.2 Å². The van der Waals surface area contributed by atoms with Gasteiger partial charge in [0.25, 0.3) is 0 Å². The molecule has 0 aromatic heterocycles. The van der Waals surface area contributed by atoms with E-state index >= 15 is 0 Å². The summed E-state index contributed by atoms with van der Waals surface area (Å²) in [5, 5.41) is 0. The second-order valence-electron chi connectivity index (χ2n) is 5.26. The van der Waals surface area contributed by atoms with Crippen LogP contribution in [0.15, 0.2) is 0 Å². The van der Waals surface area contributed by atoms with Crippen LogP contribution in [0.25, 0.3) is 0 Å². The maximum absolute atomic E-state index is 6.23. The highest BCUT2D eigenvalue weighted by atomic mass is 16.5. The summed E-state index contributed by atoms with van der Waals surface area (Å²) >= 11 is 0. The molecule has 1 rings (SSSR count). The Balaban J connectivity index is 2.41. The molecular formula is C13H29N3O2. The molecule has 0 bridgehead atoms. The van der Waals surface area contributed by atoms with E-state index in [1.807, 2.05) is 0 Å². The second-order valence-corrected chi connectivity index (χ2v) is 5.26. The van der Waals surface area contributed by atoms with Crippen LogP contribution >= 0.6 is 0 Å². The van der Waals surface area contributed by atoms with Gasteiger partial charge in [-0.1, -0.05) is 0 Å². The van der Waals surface area contributed by atoms with Crippen molar-refractivity contribution in [3.05, 3.63) is 0 Å². The Kier molecular flexibility index (Phi) is 7.77. The Hall–Kier alpha value is -0.200. The summed E-state index contributed by atoms with van der Waals surface area (Å²) in [5.74, 6) is 0.553. The molecule has 5 heteroatoms. The van der Waals surface area contributed by atoms with Crippen LogP contribution in [0.5, 0.6) is 0 Å². The van der Waals surface area contributed by atoms with Crippen molar-refractivity contribution >= 4 is 0 Å². The van der Waals surface area contributed by atoms with E-state index in [2.05, 4.69) is 16.8 Å². The Morgan fingerprint density at radius 3 is 2.39 bits per heavy atom. The predicted octanol–water partition coefficient (Wildman–Crippen LogP) is -0.140. The van der Waals surface area contributed by atoms with Gasteiger partial charge < -0.3 is 20.1 Å². The van der Waals surface area contributed by atoms with Crippen LogP contribution in [-0.2, 0) is 9.47 Å². The molecule has 1 saturated heterocycles. The lowest BCUT2D eigenvalue weighted by Gasteiger charge is -2.37. The fraction of sp³-hybridized carbons (Fsp3) is 1.00. The molecule has 0 radical (unpaired) electrons. The SMILES string of the molecule is COCCN(CCOC)CC1CN(C)CCC1N. The van der Waals surface area contributed by atoms with Crippen molar-refractivity contribution in [2.75, 3.05) is 67.2 Å². The molecule has 2 N–H and O–H groups in total. The van der Waals surface area contributed by atoms with Crippen LogP contribution in [0.3, 0.4) is 0 Å². The van der Waals surface area contributed by atoms with Crippen molar-refractivity contribution in [3.8, 4) is 0 Å². The third-order valence-corrected chi connectivity index (χ3v) is 3.71. The van der Waals surface area contributed by atoms with Gasteiger partial charge >= 0.3 is 0 Å². The van der Waals surface area contributed by atoms with Gasteiger partial charge in [0.1, 0.15) is 0 Å². The molecule has 1 heterocycles. The Labute approximate surface area is 111 Å². The summed E-state index contributed by atoms with van der Waals surface area (Å²) in [6.07, 6.45) is 1.10. The highest BCUT2D eigenvalue weighted by molar-refractivity contribution is 4.83. The van der Waals surface area contributed by atoms with Crippen molar-refractivity contribution in [1.82, 2.24) is 9.80 Å². The average molecular weight is 259 g/mol. The van der Waals surface area contributed by atoms with Crippen molar-refractivity contribution in [3.63, 3.8) is 0 Å². The Morgan fingerprint density at radius 1 is 1.22 bits per heavy atom. The summed E-state index contributed by atoms with van der Waals surface area (Å²) in [5.41, 5.74) is 6.23. The van der Waals surface area contributed by atoms with E-state index in [1.165, 1.54) is 0 Å². The van der Waals surface area contributed by atoms with Gasteiger partial charge in [0.05, 0.1) is 13.2 Å². The van der Waals surface area contributed by atoms with Crippen LogP contribution in [-0.4, -0.2) is 83.0 Å². The Morgan fingerprint density at radius 2 is 1.83 bits per heavy atom. The van der Waals surface area contributed by atoms with Gasteiger partial charge in [-0.25, -0.2) is 0 Å². The number of piperidine rings is 1. The first-order valence-electron chi connectivity index (χ1n) is 6.81. The highest BCUT2D eigenvalue weighted by Crippen LogP contribution is 2.15. The first-order valence-corrected chi connectivity index (χ1v) is 6.81. The zero-order valence-corrected chi connectivity index (χ0v) is 12.1. The molecule has 0 spiro atoms. The fourth-order valence-corrected chi connectivity index (χ4v) is 2.49. The number of hydrogen-bond donors (Lipinski definition) is 1. The largest absolute Gasteiger partial charge is 0.383 e. The number of methoxy groups -OCH3 is 2. The van der Waals surface area contributed by atoms with Crippen molar-refractivity contribution in [1.29, 1.82) is 0 Å². The summed E-state index contributed by atoms with van der Waals surface area (Å²) in [7, 11) is 5.66. The number of nitrogens with zero attached hydrogens (tertiary/aromatic N) is 2. The lowest BCUT2D eigenvalue weighted by molar-refractivity contribution is 0.0828. The second kappa shape index (κ2) is 8.82. The highest BCUT2D eigenvalue weighted by Gasteiger charge is 2.26.